The molecule has 4 aromatic carbocycles. The Labute approximate surface area is 242 Å². The third-order valence-electron chi connectivity index (χ3n) is 8.08. The van der Waals surface area contributed by atoms with Gasteiger partial charge in [0.25, 0.3) is 0 Å². The summed E-state index contributed by atoms with van der Waals surface area (Å²) in [7, 11) is 0. The summed E-state index contributed by atoms with van der Waals surface area (Å²) in [6.07, 6.45) is 14.8. The van der Waals surface area contributed by atoms with Gasteiger partial charge in [0, 0.05) is 51.5 Å². The van der Waals surface area contributed by atoms with Crippen molar-refractivity contribution < 1.29 is 0 Å². The van der Waals surface area contributed by atoms with Gasteiger partial charge in [-0.15, -0.1) is 0 Å². The summed E-state index contributed by atoms with van der Waals surface area (Å²) in [5, 5.41) is 3.94. The fourth-order valence-electron chi connectivity index (χ4n) is 5.99. The minimum Gasteiger partial charge on any atom is -0.341 e. The van der Waals surface area contributed by atoms with Crippen LogP contribution < -0.4 is 0 Å². The van der Waals surface area contributed by atoms with Crippen molar-refractivity contribution in [3.63, 3.8) is 0 Å². The molecule has 2 aromatic heterocycles. The average Bonchev–Trinajstić information content (AvgIpc) is 3.48. The van der Waals surface area contributed by atoms with Gasteiger partial charge in [0.15, 0.2) is 0 Å². The molecule has 0 aliphatic rings. The van der Waals surface area contributed by atoms with Crippen molar-refractivity contribution in [2.75, 3.05) is 0 Å². The highest BCUT2D eigenvalue weighted by Gasteiger charge is 2.11. The third kappa shape index (κ3) is 4.98. The first-order valence-electron chi connectivity index (χ1n) is 14.5. The Morgan fingerprint density at radius 1 is 0.561 bits per heavy atom. The van der Waals surface area contributed by atoms with Crippen LogP contribution in [0, 0.1) is 6.92 Å². The quantitative estimate of drug-likeness (QED) is 0.136. The van der Waals surface area contributed by atoms with Crippen molar-refractivity contribution in [2.45, 2.75) is 33.9 Å². The zero-order valence-electron chi connectivity index (χ0n) is 24.1. The number of rotatable bonds is 8. The van der Waals surface area contributed by atoms with Crippen LogP contribution >= 0.6 is 0 Å². The molecule has 0 fully saturated rings. The number of fused-ring (bicyclic) bond motifs is 4. The Kier molecular flexibility index (Phi) is 7.31. The maximum Gasteiger partial charge on any atom is 0.0497 e. The third-order valence-corrected chi connectivity index (χ3v) is 8.08. The van der Waals surface area contributed by atoms with Gasteiger partial charge in [-0.05, 0) is 78.9 Å². The van der Waals surface area contributed by atoms with Gasteiger partial charge in [-0.3, -0.25) is 0 Å². The number of aryl methyl sites for hydroxylation is 3. The van der Waals surface area contributed by atoms with Gasteiger partial charge >= 0.3 is 0 Å². The van der Waals surface area contributed by atoms with E-state index in [4.69, 9.17) is 0 Å². The second-order valence-electron chi connectivity index (χ2n) is 10.5. The summed E-state index contributed by atoms with van der Waals surface area (Å²) in [6.45, 7) is 12.3. The zero-order chi connectivity index (χ0) is 28.3. The standard InChI is InChI=1S/C39H36N2/c1-5-8-12-36-28(4)35-26-31(23-25-38(35)40(36)6-2)20-18-29-14-16-30(17-15-29)19-21-32-22-24-34-33-11-9-10-13-37(33)41(7-3)39(34)27-32/h5,8-27H,1,6-7H2,2-4H3/b12-8-,20-18+,21-19+. The zero-order valence-corrected chi connectivity index (χ0v) is 24.1. The van der Waals surface area contributed by atoms with Crippen molar-refractivity contribution >= 4 is 63.1 Å². The van der Waals surface area contributed by atoms with Gasteiger partial charge in [-0.1, -0.05) is 104 Å². The first kappa shape index (κ1) is 26.4. The van der Waals surface area contributed by atoms with Crippen molar-refractivity contribution in [2.24, 2.45) is 0 Å². The van der Waals surface area contributed by atoms with Gasteiger partial charge in [-0.25, -0.2) is 0 Å². The summed E-state index contributed by atoms with van der Waals surface area (Å²) >= 11 is 0. The Bertz CT molecular complexity index is 1970. The SMILES string of the molecule is C=C/C=C\c1c(C)c2cc(/C=C/c3ccc(/C=C/c4ccc5c6ccccc6n(CC)c5c4)cc3)ccc2n1CC. The Hall–Kier alpha value is -4.82. The molecule has 0 saturated heterocycles. The van der Waals surface area contributed by atoms with E-state index in [1.165, 1.54) is 66.2 Å². The van der Waals surface area contributed by atoms with Crippen LogP contribution in [0.4, 0.5) is 0 Å². The molecule has 0 spiro atoms. The number of aromatic nitrogens is 2. The largest absolute Gasteiger partial charge is 0.341 e. The minimum absolute atomic E-state index is 0.940. The maximum absolute atomic E-state index is 3.82. The first-order chi connectivity index (χ1) is 20.1. The molecule has 0 unspecified atom stereocenters. The van der Waals surface area contributed by atoms with Crippen LogP contribution in [0.15, 0.2) is 104 Å². The molecule has 41 heavy (non-hydrogen) atoms. The predicted molar refractivity (Wildman–Crippen MR) is 181 cm³/mol. The molecule has 0 atom stereocenters. The minimum atomic E-state index is 0.940. The highest BCUT2D eigenvalue weighted by Crippen LogP contribution is 2.31. The van der Waals surface area contributed by atoms with E-state index < -0.39 is 0 Å². The smallest absolute Gasteiger partial charge is 0.0497 e. The highest BCUT2D eigenvalue weighted by molar-refractivity contribution is 6.08. The second kappa shape index (κ2) is 11.3. The molecule has 202 valence electrons. The van der Waals surface area contributed by atoms with E-state index in [2.05, 4.69) is 152 Å². The summed E-state index contributed by atoms with van der Waals surface area (Å²) < 4.78 is 4.77. The monoisotopic (exact) mass is 532 g/mol. The van der Waals surface area contributed by atoms with Crippen LogP contribution in [-0.4, -0.2) is 9.13 Å². The van der Waals surface area contributed by atoms with E-state index >= 15 is 0 Å². The Morgan fingerprint density at radius 2 is 1.12 bits per heavy atom. The summed E-state index contributed by atoms with van der Waals surface area (Å²) in [4.78, 5) is 0. The molecule has 6 aromatic rings. The Balaban J connectivity index is 1.21. The summed E-state index contributed by atoms with van der Waals surface area (Å²) in [6, 6.07) is 30.9. The van der Waals surface area contributed by atoms with E-state index in [1.807, 2.05) is 12.2 Å². The van der Waals surface area contributed by atoms with Crippen molar-refractivity contribution in [3.8, 4) is 0 Å². The summed E-state index contributed by atoms with van der Waals surface area (Å²) in [5.74, 6) is 0. The van der Waals surface area contributed by atoms with Crippen LogP contribution in [0.3, 0.4) is 0 Å². The average molecular weight is 533 g/mol. The molecule has 6 rings (SSSR count). The number of para-hydroxylation sites is 1. The van der Waals surface area contributed by atoms with Gasteiger partial charge in [0.1, 0.15) is 0 Å². The van der Waals surface area contributed by atoms with Gasteiger partial charge in [-0.2, -0.15) is 0 Å². The molecule has 0 saturated carbocycles. The van der Waals surface area contributed by atoms with Crippen molar-refractivity contribution in [1.82, 2.24) is 9.13 Å². The molecule has 0 N–H and O–H groups in total. The van der Waals surface area contributed by atoms with E-state index in [-0.39, 0.29) is 0 Å². The second-order valence-corrected chi connectivity index (χ2v) is 10.5. The lowest BCUT2D eigenvalue weighted by Gasteiger charge is -2.04. The molecule has 0 radical (unpaired) electrons. The van der Waals surface area contributed by atoms with Gasteiger partial charge in [0.2, 0.25) is 0 Å². The molecule has 0 amide bonds. The van der Waals surface area contributed by atoms with E-state index in [0.29, 0.717) is 0 Å². The van der Waals surface area contributed by atoms with Crippen LogP contribution in [0.2, 0.25) is 0 Å². The summed E-state index contributed by atoms with van der Waals surface area (Å²) in [5.41, 5.74) is 11.2. The van der Waals surface area contributed by atoms with Gasteiger partial charge < -0.3 is 9.13 Å². The van der Waals surface area contributed by atoms with E-state index in [0.717, 1.165) is 13.1 Å². The fraction of sp³-hybridized carbons (Fsp3) is 0.128. The van der Waals surface area contributed by atoms with Gasteiger partial charge in [0.05, 0.1) is 0 Å². The fourth-order valence-corrected chi connectivity index (χ4v) is 5.99. The van der Waals surface area contributed by atoms with Crippen LogP contribution in [0.5, 0.6) is 0 Å². The number of nitrogens with zero attached hydrogens (tertiary/aromatic N) is 2. The number of benzene rings is 4. The topological polar surface area (TPSA) is 9.86 Å². The molecular weight excluding hydrogens is 496 g/mol. The first-order valence-corrected chi connectivity index (χ1v) is 14.5. The molecule has 0 aliphatic heterocycles. The number of hydrogen-bond donors (Lipinski definition) is 0. The molecule has 0 aliphatic carbocycles. The normalized spacial score (nSPS) is 12.3. The molecule has 2 heteroatoms. The Morgan fingerprint density at radius 3 is 1.80 bits per heavy atom. The molecular formula is C39H36N2. The number of hydrogen-bond acceptors (Lipinski definition) is 0. The molecule has 2 heterocycles. The van der Waals surface area contributed by atoms with Crippen molar-refractivity contribution in [1.29, 1.82) is 0 Å². The molecule has 2 nitrogen and oxygen atoms in total. The van der Waals surface area contributed by atoms with Crippen LogP contribution in [0.1, 0.15) is 47.4 Å². The number of allylic oxidation sites excluding steroid dienone is 2. The highest BCUT2D eigenvalue weighted by atomic mass is 15.0. The lowest BCUT2D eigenvalue weighted by molar-refractivity contribution is 0.787. The van der Waals surface area contributed by atoms with Crippen LogP contribution in [0.25, 0.3) is 63.1 Å². The van der Waals surface area contributed by atoms with E-state index in [1.54, 1.807) is 0 Å². The molecule has 0 bridgehead atoms. The van der Waals surface area contributed by atoms with Crippen LogP contribution in [-0.2, 0) is 13.1 Å². The maximum atomic E-state index is 3.82. The van der Waals surface area contributed by atoms with E-state index in [9.17, 15) is 0 Å². The lowest BCUT2D eigenvalue weighted by Crippen LogP contribution is -1.96. The van der Waals surface area contributed by atoms with Crippen molar-refractivity contribution in [3.05, 3.63) is 137 Å². The lowest BCUT2D eigenvalue weighted by atomic mass is 10.1. The predicted octanol–water partition coefficient (Wildman–Crippen LogP) is 10.6.